The van der Waals surface area contributed by atoms with Crippen LogP contribution in [0.1, 0.15) is 38.8 Å². The minimum absolute atomic E-state index is 0. The molecule has 0 spiro atoms. The molecule has 3 heterocycles. The van der Waals surface area contributed by atoms with E-state index in [1.807, 2.05) is 85.1 Å². The van der Waals surface area contributed by atoms with Crippen LogP contribution in [0.4, 0.5) is 0 Å². The van der Waals surface area contributed by atoms with E-state index in [0.29, 0.717) is 17.5 Å². The molecule has 5 aromatic rings. The van der Waals surface area contributed by atoms with Gasteiger partial charge >= 0.3 is 0 Å². The van der Waals surface area contributed by atoms with Crippen molar-refractivity contribution < 1.29 is 24.8 Å². The Balaban J connectivity index is 0.00000294. The van der Waals surface area contributed by atoms with Crippen molar-refractivity contribution in [3.05, 3.63) is 108 Å². The minimum atomic E-state index is -0.366. The summed E-state index contributed by atoms with van der Waals surface area (Å²) in [5, 5.41) is 0. The van der Waals surface area contributed by atoms with E-state index in [1.54, 1.807) is 0 Å². The molecular formula is C32H27IrN4O-. The van der Waals surface area contributed by atoms with Crippen LogP contribution < -0.4 is 0 Å². The summed E-state index contributed by atoms with van der Waals surface area (Å²) in [4.78, 5) is 19.1. The SMILES string of the molecule is CC1(C)OC(C)(C)c2cc(-c3ccc(-c4nc(-c5ccccc5)nc(-c5ccccc5)n4)cn3)[c-]cc21.[Ir]. The summed E-state index contributed by atoms with van der Waals surface area (Å²) in [6.07, 6.45) is 1.82. The zero-order chi connectivity index (χ0) is 25.6. The summed E-state index contributed by atoms with van der Waals surface area (Å²) in [7, 11) is 0. The Morgan fingerprint density at radius 1 is 0.632 bits per heavy atom. The van der Waals surface area contributed by atoms with Crippen LogP contribution in [0, 0.1) is 6.07 Å². The van der Waals surface area contributed by atoms with Crippen molar-refractivity contribution in [2.45, 2.75) is 38.9 Å². The van der Waals surface area contributed by atoms with Crippen molar-refractivity contribution in [3.8, 4) is 45.4 Å². The van der Waals surface area contributed by atoms with E-state index in [0.717, 1.165) is 27.9 Å². The number of nitrogens with zero attached hydrogens (tertiary/aromatic N) is 4. The molecule has 0 N–H and O–H groups in total. The van der Waals surface area contributed by atoms with Crippen LogP contribution >= 0.6 is 0 Å². The van der Waals surface area contributed by atoms with Gasteiger partial charge in [0.2, 0.25) is 0 Å². The van der Waals surface area contributed by atoms with E-state index >= 15 is 0 Å². The number of fused-ring (bicyclic) bond motifs is 1. The van der Waals surface area contributed by atoms with E-state index in [2.05, 4.69) is 39.8 Å². The molecule has 6 heteroatoms. The maximum absolute atomic E-state index is 6.31. The van der Waals surface area contributed by atoms with Crippen molar-refractivity contribution in [1.29, 1.82) is 0 Å². The molecule has 1 radical (unpaired) electrons. The third-order valence-corrected chi connectivity index (χ3v) is 6.76. The van der Waals surface area contributed by atoms with Gasteiger partial charge in [0.15, 0.2) is 17.5 Å². The molecule has 5 nitrogen and oxygen atoms in total. The molecule has 1 aliphatic rings. The van der Waals surface area contributed by atoms with Crippen LogP contribution in [0.25, 0.3) is 45.4 Å². The van der Waals surface area contributed by atoms with E-state index in [4.69, 9.17) is 24.7 Å². The Morgan fingerprint density at radius 2 is 1.16 bits per heavy atom. The molecule has 3 aromatic carbocycles. The molecule has 191 valence electrons. The van der Waals surface area contributed by atoms with Crippen molar-refractivity contribution in [1.82, 2.24) is 19.9 Å². The fraction of sp³-hybridized carbons (Fsp3) is 0.188. The molecule has 0 saturated carbocycles. The third-order valence-electron chi connectivity index (χ3n) is 6.76. The third kappa shape index (κ3) is 4.83. The second-order valence-corrected chi connectivity index (χ2v) is 10.3. The normalized spacial score (nSPS) is 14.9. The molecule has 0 bridgehead atoms. The number of rotatable bonds is 4. The summed E-state index contributed by atoms with van der Waals surface area (Å²) in [5.41, 5.74) is 6.12. The van der Waals surface area contributed by atoms with Gasteiger partial charge in [-0.3, -0.25) is 0 Å². The molecule has 6 rings (SSSR count). The molecule has 2 aromatic heterocycles. The predicted molar refractivity (Wildman–Crippen MR) is 145 cm³/mol. The summed E-state index contributed by atoms with van der Waals surface area (Å²) in [5.74, 6) is 1.84. The molecule has 0 amide bonds. The average molecular weight is 676 g/mol. The van der Waals surface area contributed by atoms with Gasteiger partial charge in [-0.05, 0) is 33.4 Å². The van der Waals surface area contributed by atoms with Crippen LogP contribution in [0.2, 0.25) is 0 Å². The fourth-order valence-corrected chi connectivity index (χ4v) is 5.01. The van der Waals surface area contributed by atoms with Crippen LogP contribution in [0.15, 0.2) is 91.1 Å². The first-order chi connectivity index (χ1) is 17.8. The van der Waals surface area contributed by atoms with Crippen molar-refractivity contribution in [3.63, 3.8) is 0 Å². The zero-order valence-corrected chi connectivity index (χ0v) is 24.1. The monoisotopic (exact) mass is 676 g/mol. The molecule has 0 aliphatic carbocycles. The van der Waals surface area contributed by atoms with Crippen molar-refractivity contribution in [2.75, 3.05) is 0 Å². The van der Waals surface area contributed by atoms with E-state index in [9.17, 15) is 0 Å². The molecule has 1 aliphatic heterocycles. The predicted octanol–water partition coefficient (Wildman–Crippen LogP) is 7.23. The number of benzene rings is 3. The van der Waals surface area contributed by atoms with Gasteiger partial charge in [0.1, 0.15) is 0 Å². The quantitative estimate of drug-likeness (QED) is 0.188. The van der Waals surface area contributed by atoms with Crippen molar-refractivity contribution >= 4 is 0 Å². The Hall–Kier alpha value is -3.57. The molecule has 0 fully saturated rings. The average Bonchev–Trinajstić information content (AvgIpc) is 3.12. The second kappa shape index (κ2) is 9.95. The van der Waals surface area contributed by atoms with E-state index in [-0.39, 0.29) is 31.3 Å². The molecule has 0 unspecified atom stereocenters. The first-order valence-corrected chi connectivity index (χ1v) is 12.4. The van der Waals surface area contributed by atoms with Crippen LogP contribution in [-0.4, -0.2) is 19.9 Å². The fourth-order valence-electron chi connectivity index (χ4n) is 5.01. The summed E-state index contributed by atoms with van der Waals surface area (Å²) in [6, 6.07) is 31.5. The molecule has 0 saturated heterocycles. The largest absolute Gasteiger partial charge is 0.371 e. The van der Waals surface area contributed by atoms with Gasteiger partial charge in [-0.25, -0.2) is 15.0 Å². The number of hydrogen-bond acceptors (Lipinski definition) is 5. The van der Waals surface area contributed by atoms with Crippen LogP contribution in [0.3, 0.4) is 0 Å². The van der Waals surface area contributed by atoms with Gasteiger partial charge in [-0.1, -0.05) is 83.9 Å². The summed E-state index contributed by atoms with van der Waals surface area (Å²) in [6.45, 7) is 8.42. The van der Waals surface area contributed by atoms with Gasteiger partial charge in [0, 0.05) is 43.0 Å². The van der Waals surface area contributed by atoms with Crippen LogP contribution in [0.5, 0.6) is 0 Å². The second-order valence-electron chi connectivity index (χ2n) is 10.3. The molecule has 38 heavy (non-hydrogen) atoms. The summed E-state index contributed by atoms with van der Waals surface area (Å²) < 4.78 is 6.31. The van der Waals surface area contributed by atoms with Crippen LogP contribution in [-0.2, 0) is 36.0 Å². The van der Waals surface area contributed by atoms with Gasteiger partial charge in [0.25, 0.3) is 0 Å². The summed E-state index contributed by atoms with van der Waals surface area (Å²) >= 11 is 0. The smallest absolute Gasteiger partial charge is 0.165 e. The molecular weight excluding hydrogens is 649 g/mol. The number of hydrogen-bond donors (Lipinski definition) is 0. The number of aromatic nitrogens is 4. The number of pyridine rings is 1. The van der Waals surface area contributed by atoms with Gasteiger partial charge < -0.3 is 9.72 Å². The topological polar surface area (TPSA) is 60.8 Å². The molecule has 0 atom stereocenters. The van der Waals surface area contributed by atoms with Gasteiger partial charge in [-0.15, -0.1) is 23.8 Å². The van der Waals surface area contributed by atoms with Gasteiger partial charge in [0.05, 0.1) is 11.2 Å². The van der Waals surface area contributed by atoms with E-state index in [1.165, 1.54) is 11.1 Å². The van der Waals surface area contributed by atoms with Crippen molar-refractivity contribution in [2.24, 2.45) is 0 Å². The Kier molecular flexibility index (Phi) is 6.82. The number of ether oxygens (including phenoxy) is 1. The maximum Gasteiger partial charge on any atom is 0.165 e. The van der Waals surface area contributed by atoms with E-state index < -0.39 is 0 Å². The van der Waals surface area contributed by atoms with Gasteiger partial charge in [-0.2, -0.15) is 0 Å². The zero-order valence-electron chi connectivity index (χ0n) is 21.7. The standard InChI is InChI=1S/C32H27N4O.Ir/c1-31(2)25-17-15-23(19-26(25)32(3,4)37-31)27-18-16-24(20-33-27)30-35-28(21-11-7-5-8-12-21)34-29(36-30)22-13-9-6-10-14-22;/h5-14,16-20H,1-4H3;/q-1;. The Bertz CT molecular complexity index is 1530. The first-order valence-electron chi connectivity index (χ1n) is 12.4. The maximum atomic E-state index is 6.31. The minimum Gasteiger partial charge on any atom is -0.371 e. The Morgan fingerprint density at radius 3 is 1.68 bits per heavy atom. The Labute approximate surface area is 236 Å². The first kappa shape index (κ1) is 26.1.